The molecule has 0 fully saturated rings. The molecule has 3 rings (SSSR count). The molecule has 1 aromatic heterocycles. The van der Waals surface area contributed by atoms with Crippen LogP contribution in [0, 0.1) is 0 Å². The summed E-state index contributed by atoms with van der Waals surface area (Å²) in [4.78, 5) is 0. The maximum atomic E-state index is 12.8. The summed E-state index contributed by atoms with van der Waals surface area (Å²) in [6.45, 7) is 2.60. The van der Waals surface area contributed by atoms with Crippen LogP contribution in [0.5, 0.6) is 0 Å². The fourth-order valence-electron chi connectivity index (χ4n) is 2.51. The van der Waals surface area contributed by atoms with Gasteiger partial charge in [-0.3, -0.25) is 0 Å². The zero-order valence-corrected chi connectivity index (χ0v) is 15.4. The Morgan fingerprint density at radius 2 is 1.85 bits per heavy atom. The lowest BCUT2D eigenvalue weighted by Gasteiger charge is -2.09. The van der Waals surface area contributed by atoms with Crippen molar-refractivity contribution in [2.75, 3.05) is 0 Å². The molecule has 3 nitrogen and oxygen atoms in total. The van der Waals surface area contributed by atoms with Crippen LogP contribution in [0.3, 0.4) is 0 Å². The molecule has 26 heavy (non-hydrogen) atoms. The van der Waals surface area contributed by atoms with Gasteiger partial charge in [0.15, 0.2) is 11.0 Å². The van der Waals surface area contributed by atoms with Crippen molar-refractivity contribution < 1.29 is 13.2 Å². The fraction of sp³-hybridized carbons (Fsp3) is 0.222. The number of halogens is 4. The quantitative estimate of drug-likeness (QED) is 0.500. The molecule has 0 atom stereocenters. The van der Waals surface area contributed by atoms with Crippen LogP contribution in [0.25, 0.3) is 11.4 Å². The minimum Gasteiger partial charge on any atom is -0.302 e. The molecule has 0 bridgehead atoms. The summed E-state index contributed by atoms with van der Waals surface area (Å²) < 4.78 is 40.4. The number of nitrogens with zero attached hydrogens (tertiary/aromatic N) is 3. The van der Waals surface area contributed by atoms with Gasteiger partial charge in [0.05, 0.1) is 5.56 Å². The van der Waals surface area contributed by atoms with Gasteiger partial charge in [0, 0.05) is 22.9 Å². The summed E-state index contributed by atoms with van der Waals surface area (Å²) >= 11 is 7.39. The first kappa shape index (κ1) is 18.8. The largest absolute Gasteiger partial charge is 0.416 e. The molecule has 0 radical (unpaired) electrons. The maximum Gasteiger partial charge on any atom is 0.416 e. The van der Waals surface area contributed by atoms with E-state index < -0.39 is 11.7 Å². The molecule has 0 aliphatic heterocycles. The van der Waals surface area contributed by atoms with Gasteiger partial charge in [-0.05, 0) is 30.7 Å². The van der Waals surface area contributed by atoms with Crippen LogP contribution in [0.2, 0.25) is 5.02 Å². The molecule has 0 spiro atoms. The van der Waals surface area contributed by atoms with Crippen LogP contribution in [0.15, 0.2) is 53.7 Å². The van der Waals surface area contributed by atoms with Gasteiger partial charge in [0.25, 0.3) is 0 Å². The number of benzene rings is 2. The SMILES string of the molecule is CCn1c(SCc2cccc(C(F)(F)F)c2)nnc1-c1cccc(Cl)c1. The summed E-state index contributed by atoms with van der Waals surface area (Å²) in [7, 11) is 0. The monoisotopic (exact) mass is 397 g/mol. The van der Waals surface area contributed by atoms with E-state index in [1.807, 2.05) is 23.6 Å². The second-order valence-corrected chi connectivity index (χ2v) is 6.93. The first-order valence-corrected chi connectivity index (χ1v) is 9.23. The molecule has 0 aliphatic carbocycles. The summed E-state index contributed by atoms with van der Waals surface area (Å²) in [5.74, 6) is 1.05. The zero-order valence-electron chi connectivity index (χ0n) is 13.8. The van der Waals surface area contributed by atoms with Crippen molar-refractivity contribution in [3.05, 3.63) is 64.7 Å². The van der Waals surface area contributed by atoms with E-state index in [9.17, 15) is 13.2 Å². The van der Waals surface area contributed by atoms with Gasteiger partial charge in [-0.25, -0.2) is 0 Å². The van der Waals surface area contributed by atoms with E-state index in [4.69, 9.17) is 11.6 Å². The second kappa shape index (κ2) is 7.72. The smallest absolute Gasteiger partial charge is 0.302 e. The Kier molecular flexibility index (Phi) is 5.58. The van der Waals surface area contributed by atoms with Crippen molar-refractivity contribution >= 4 is 23.4 Å². The summed E-state index contributed by atoms with van der Waals surface area (Å²) in [5.41, 5.74) is 0.782. The van der Waals surface area contributed by atoms with Gasteiger partial charge in [0.2, 0.25) is 0 Å². The van der Waals surface area contributed by atoms with Crippen molar-refractivity contribution in [3.63, 3.8) is 0 Å². The van der Waals surface area contributed by atoms with Gasteiger partial charge in [-0.2, -0.15) is 13.2 Å². The van der Waals surface area contributed by atoms with Crippen LogP contribution in [0.4, 0.5) is 13.2 Å². The van der Waals surface area contributed by atoms with Gasteiger partial charge in [-0.15, -0.1) is 10.2 Å². The van der Waals surface area contributed by atoms with E-state index in [1.165, 1.54) is 17.8 Å². The van der Waals surface area contributed by atoms with E-state index in [0.29, 0.717) is 33.9 Å². The molecular formula is C18H15ClF3N3S. The summed E-state index contributed by atoms with van der Waals surface area (Å²) in [6, 6.07) is 12.6. The molecule has 8 heteroatoms. The Labute approximate surface area is 158 Å². The van der Waals surface area contributed by atoms with Crippen molar-refractivity contribution in [1.82, 2.24) is 14.8 Å². The van der Waals surface area contributed by atoms with Crippen molar-refractivity contribution in [3.8, 4) is 11.4 Å². The maximum absolute atomic E-state index is 12.8. The Hall–Kier alpha value is -1.99. The predicted molar refractivity (Wildman–Crippen MR) is 97.1 cm³/mol. The highest BCUT2D eigenvalue weighted by Crippen LogP contribution is 2.32. The number of rotatable bonds is 5. The van der Waals surface area contributed by atoms with Gasteiger partial charge in [-0.1, -0.05) is 53.7 Å². The van der Waals surface area contributed by atoms with E-state index in [0.717, 1.165) is 17.7 Å². The van der Waals surface area contributed by atoms with Crippen LogP contribution in [-0.2, 0) is 18.5 Å². The Bertz CT molecular complexity index is 909. The van der Waals surface area contributed by atoms with Crippen LogP contribution in [-0.4, -0.2) is 14.8 Å². The van der Waals surface area contributed by atoms with E-state index in [1.54, 1.807) is 18.2 Å². The number of thioether (sulfide) groups is 1. The van der Waals surface area contributed by atoms with Crippen LogP contribution in [0.1, 0.15) is 18.1 Å². The van der Waals surface area contributed by atoms with Crippen molar-refractivity contribution in [2.24, 2.45) is 0 Å². The second-order valence-electron chi connectivity index (χ2n) is 5.55. The summed E-state index contributed by atoms with van der Waals surface area (Å²) in [5, 5.41) is 9.67. The highest BCUT2D eigenvalue weighted by molar-refractivity contribution is 7.98. The van der Waals surface area contributed by atoms with Gasteiger partial charge in [0.1, 0.15) is 0 Å². The van der Waals surface area contributed by atoms with E-state index in [-0.39, 0.29) is 0 Å². The molecule has 0 aliphatic rings. The lowest BCUT2D eigenvalue weighted by Crippen LogP contribution is -2.05. The highest BCUT2D eigenvalue weighted by atomic mass is 35.5. The topological polar surface area (TPSA) is 30.7 Å². The third-order valence-corrected chi connectivity index (χ3v) is 5.01. The Morgan fingerprint density at radius 1 is 1.08 bits per heavy atom. The number of alkyl halides is 3. The lowest BCUT2D eigenvalue weighted by atomic mass is 10.1. The molecule has 0 saturated carbocycles. The summed E-state index contributed by atoms with van der Waals surface area (Å²) in [6.07, 6.45) is -4.34. The van der Waals surface area contributed by atoms with Crippen LogP contribution >= 0.6 is 23.4 Å². The molecule has 2 aromatic carbocycles. The first-order chi connectivity index (χ1) is 12.4. The predicted octanol–water partition coefficient (Wildman–Crippen LogP) is 5.93. The van der Waals surface area contributed by atoms with Crippen molar-refractivity contribution in [2.45, 2.75) is 30.6 Å². The Balaban J connectivity index is 1.81. The molecule has 1 heterocycles. The minimum atomic E-state index is -4.34. The van der Waals surface area contributed by atoms with Crippen LogP contribution < -0.4 is 0 Å². The third kappa shape index (κ3) is 4.22. The molecule has 3 aromatic rings. The minimum absolute atomic E-state index is 0.373. The van der Waals surface area contributed by atoms with E-state index >= 15 is 0 Å². The average Bonchev–Trinajstić information content (AvgIpc) is 3.02. The fourth-order valence-corrected chi connectivity index (χ4v) is 3.64. The Morgan fingerprint density at radius 3 is 2.54 bits per heavy atom. The number of hydrogen-bond donors (Lipinski definition) is 0. The molecule has 0 saturated heterocycles. The molecule has 136 valence electrons. The number of aromatic nitrogens is 3. The normalized spacial score (nSPS) is 11.7. The number of hydrogen-bond acceptors (Lipinski definition) is 3. The van der Waals surface area contributed by atoms with E-state index in [2.05, 4.69) is 10.2 Å². The van der Waals surface area contributed by atoms with Gasteiger partial charge < -0.3 is 4.57 Å². The average molecular weight is 398 g/mol. The zero-order chi connectivity index (χ0) is 18.7. The molecule has 0 amide bonds. The standard InChI is InChI=1S/C18H15ClF3N3S/c1-2-25-16(13-6-4-8-15(19)10-13)23-24-17(25)26-11-12-5-3-7-14(9-12)18(20,21)22/h3-10H,2,11H2,1H3. The van der Waals surface area contributed by atoms with Gasteiger partial charge >= 0.3 is 6.18 Å². The molecule has 0 N–H and O–H groups in total. The third-order valence-electron chi connectivity index (χ3n) is 3.74. The highest BCUT2D eigenvalue weighted by Gasteiger charge is 2.30. The molecule has 0 unspecified atom stereocenters. The van der Waals surface area contributed by atoms with Crippen molar-refractivity contribution in [1.29, 1.82) is 0 Å². The first-order valence-electron chi connectivity index (χ1n) is 7.86. The lowest BCUT2D eigenvalue weighted by molar-refractivity contribution is -0.137. The molecular weight excluding hydrogens is 383 g/mol.